The molecule has 0 spiro atoms. The highest BCUT2D eigenvalue weighted by atomic mass is 79.9. The maximum Gasteiger partial charge on any atom is 0.193 e. The lowest BCUT2D eigenvalue weighted by molar-refractivity contribution is 1.12. The van der Waals surface area contributed by atoms with E-state index in [1.54, 1.807) is 0 Å². The number of rotatable bonds is 2. The van der Waals surface area contributed by atoms with Gasteiger partial charge in [-0.1, -0.05) is 15.9 Å². The Morgan fingerprint density at radius 1 is 1.40 bits per heavy atom. The van der Waals surface area contributed by atoms with Gasteiger partial charge in [-0.25, -0.2) is 0 Å². The molecule has 1 aromatic carbocycles. The first-order chi connectivity index (χ1) is 7.04. The molecule has 0 radical (unpaired) electrons. The first-order valence-corrected chi connectivity index (χ1v) is 5.67. The molecule has 1 rings (SSSR count). The van der Waals surface area contributed by atoms with Crippen LogP contribution in [-0.2, 0) is 0 Å². The van der Waals surface area contributed by atoms with Crippen molar-refractivity contribution >= 4 is 27.6 Å². The van der Waals surface area contributed by atoms with Gasteiger partial charge >= 0.3 is 0 Å². The lowest BCUT2D eigenvalue weighted by Gasteiger charge is -2.12. The first-order valence-electron chi connectivity index (χ1n) is 4.88. The molecule has 0 heterocycles. The van der Waals surface area contributed by atoms with Crippen LogP contribution in [0.25, 0.3) is 0 Å². The molecular weight excluding hydrogens is 254 g/mol. The molecule has 0 bridgehead atoms. The average Bonchev–Trinajstić information content (AvgIpc) is 2.11. The molecule has 0 aliphatic carbocycles. The Balaban J connectivity index is 3.00. The van der Waals surface area contributed by atoms with E-state index in [0.29, 0.717) is 12.5 Å². The molecule has 1 aromatic rings. The van der Waals surface area contributed by atoms with Gasteiger partial charge in [0.1, 0.15) is 0 Å². The van der Waals surface area contributed by atoms with E-state index in [0.717, 1.165) is 21.3 Å². The van der Waals surface area contributed by atoms with Crippen molar-refractivity contribution in [1.82, 2.24) is 0 Å². The summed E-state index contributed by atoms with van der Waals surface area (Å²) >= 11 is 3.45. The second-order valence-electron chi connectivity index (χ2n) is 3.40. The SMILES string of the molecule is CCN=C(N)Nc1c(C)cc(Br)cc1C. The van der Waals surface area contributed by atoms with Crippen molar-refractivity contribution in [2.24, 2.45) is 10.7 Å². The van der Waals surface area contributed by atoms with E-state index in [1.165, 1.54) is 0 Å². The number of aliphatic imine (C=N–C) groups is 1. The average molecular weight is 270 g/mol. The fourth-order valence-corrected chi connectivity index (χ4v) is 2.13. The van der Waals surface area contributed by atoms with Crippen molar-refractivity contribution in [2.75, 3.05) is 11.9 Å². The van der Waals surface area contributed by atoms with Crippen molar-refractivity contribution in [3.63, 3.8) is 0 Å². The number of nitrogens with zero attached hydrogens (tertiary/aromatic N) is 1. The van der Waals surface area contributed by atoms with Crippen molar-refractivity contribution in [1.29, 1.82) is 0 Å². The number of guanidine groups is 1. The Hall–Kier alpha value is -1.03. The molecule has 3 N–H and O–H groups in total. The van der Waals surface area contributed by atoms with Crippen LogP contribution in [0.5, 0.6) is 0 Å². The van der Waals surface area contributed by atoms with E-state index in [1.807, 2.05) is 20.8 Å². The Kier molecular flexibility index (Phi) is 4.15. The zero-order chi connectivity index (χ0) is 11.4. The maximum absolute atomic E-state index is 5.72. The van der Waals surface area contributed by atoms with Gasteiger partial charge in [0, 0.05) is 16.7 Å². The third-order valence-electron chi connectivity index (χ3n) is 2.08. The van der Waals surface area contributed by atoms with Gasteiger partial charge in [0.05, 0.1) is 0 Å². The minimum atomic E-state index is 0.464. The van der Waals surface area contributed by atoms with E-state index in [9.17, 15) is 0 Å². The van der Waals surface area contributed by atoms with Crippen LogP contribution < -0.4 is 11.1 Å². The predicted octanol–water partition coefficient (Wildman–Crippen LogP) is 2.81. The van der Waals surface area contributed by atoms with Crippen LogP contribution >= 0.6 is 15.9 Å². The normalized spacial score (nSPS) is 11.6. The summed E-state index contributed by atoms with van der Waals surface area (Å²) in [6, 6.07) is 4.10. The monoisotopic (exact) mass is 269 g/mol. The number of nitrogens with two attached hydrogens (primary N) is 1. The van der Waals surface area contributed by atoms with Gasteiger partial charge in [-0.2, -0.15) is 0 Å². The molecule has 0 aliphatic heterocycles. The summed E-state index contributed by atoms with van der Waals surface area (Å²) in [7, 11) is 0. The Morgan fingerprint density at radius 2 is 1.93 bits per heavy atom. The Labute approximate surface area is 98.9 Å². The molecular formula is C11H16BrN3. The highest BCUT2D eigenvalue weighted by Crippen LogP contribution is 2.24. The van der Waals surface area contributed by atoms with Gasteiger partial charge in [-0.3, -0.25) is 4.99 Å². The number of hydrogen-bond donors (Lipinski definition) is 2. The zero-order valence-electron chi connectivity index (χ0n) is 9.26. The summed E-state index contributed by atoms with van der Waals surface area (Å²) in [5.41, 5.74) is 9.05. The van der Waals surface area contributed by atoms with Crippen molar-refractivity contribution in [3.05, 3.63) is 27.7 Å². The largest absolute Gasteiger partial charge is 0.370 e. The number of anilines is 1. The van der Waals surface area contributed by atoms with Gasteiger partial charge in [0.15, 0.2) is 5.96 Å². The van der Waals surface area contributed by atoms with E-state index in [4.69, 9.17) is 5.73 Å². The van der Waals surface area contributed by atoms with Gasteiger partial charge in [0.2, 0.25) is 0 Å². The van der Waals surface area contributed by atoms with E-state index >= 15 is 0 Å². The van der Waals surface area contributed by atoms with E-state index in [-0.39, 0.29) is 0 Å². The summed E-state index contributed by atoms with van der Waals surface area (Å²) in [5.74, 6) is 0.464. The summed E-state index contributed by atoms with van der Waals surface area (Å²) in [5, 5.41) is 3.11. The van der Waals surface area contributed by atoms with Crippen molar-refractivity contribution in [3.8, 4) is 0 Å². The van der Waals surface area contributed by atoms with Crippen LogP contribution in [0.1, 0.15) is 18.1 Å². The molecule has 0 unspecified atom stereocenters. The summed E-state index contributed by atoms with van der Waals surface area (Å²) in [4.78, 5) is 4.10. The van der Waals surface area contributed by atoms with E-state index in [2.05, 4.69) is 38.4 Å². The predicted molar refractivity (Wildman–Crippen MR) is 69.4 cm³/mol. The Bertz CT molecular complexity index is 362. The molecule has 0 fully saturated rings. The van der Waals surface area contributed by atoms with Gasteiger partial charge < -0.3 is 11.1 Å². The quantitative estimate of drug-likeness (QED) is 0.641. The molecule has 0 saturated carbocycles. The summed E-state index contributed by atoms with van der Waals surface area (Å²) in [6.45, 7) is 6.72. The molecule has 0 amide bonds. The summed E-state index contributed by atoms with van der Waals surface area (Å²) < 4.78 is 1.08. The van der Waals surface area contributed by atoms with Crippen LogP contribution in [0.4, 0.5) is 5.69 Å². The third-order valence-corrected chi connectivity index (χ3v) is 2.54. The molecule has 0 aliphatic rings. The smallest absolute Gasteiger partial charge is 0.193 e. The fourth-order valence-electron chi connectivity index (χ4n) is 1.45. The molecule has 0 aromatic heterocycles. The molecule has 0 atom stereocenters. The van der Waals surface area contributed by atoms with Crippen LogP contribution in [0, 0.1) is 13.8 Å². The first kappa shape index (κ1) is 12.0. The second kappa shape index (κ2) is 5.16. The molecule has 4 heteroatoms. The van der Waals surface area contributed by atoms with Gasteiger partial charge in [0.25, 0.3) is 0 Å². The maximum atomic E-state index is 5.72. The standard InChI is InChI=1S/C11H16BrN3/c1-4-14-11(13)15-10-7(2)5-9(12)6-8(10)3/h5-6H,4H2,1-3H3,(H3,13,14,15). The van der Waals surface area contributed by atoms with E-state index < -0.39 is 0 Å². The van der Waals surface area contributed by atoms with Crippen molar-refractivity contribution in [2.45, 2.75) is 20.8 Å². The second-order valence-corrected chi connectivity index (χ2v) is 4.31. The molecule has 3 nitrogen and oxygen atoms in total. The number of hydrogen-bond acceptors (Lipinski definition) is 1. The lowest BCUT2D eigenvalue weighted by atomic mass is 10.1. The highest BCUT2D eigenvalue weighted by molar-refractivity contribution is 9.10. The van der Waals surface area contributed by atoms with Crippen LogP contribution in [0.3, 0.4) is 0 Å². The van der Waals surface area contributed by atoms with Crippen LogP contribution in [-0.4, -0.2) is 12.5 Å². The van der Waals surface area contributed by atoms with Crippen molar-refractivity contribution < 1.29 is 0 Å². The molecule has 0 saturated heterocycles. The lowest BCUT2D eigenvalue weighted by Crippen LogP contribution is -2.23. The van der Waals surface area contributed by atoms with Gasteiger partial charge in [-0.15, -0.1) is 0 Å². The number of aryl methyl sites for hydroxylation is 2. The van der Waals surface area contributed by atoms with Crippen LogP contribution in [0.2, 0.25) is 0 Å². The number of benzene rings is 1. The van der Waals surface area contributed by atoms with Crippen LogP contribution in [0.15, 0.2) is 21.6 Å². The number of halogens is 1. The minimum absolute atomic E-state index is 0.464. The van der Waals surface area contributed by atoms with Gasteiger partial charge in [-0.05, 0) is 44.0 Å². The third kappa shape index (κ3) is 3.23. The zero-order valence-corrected chi connectivity index (χ0v) is 10.9. The number of nitrogens with one attached hydrogen (secondary N) is 1. The summed E-state index contributed by atoms with van der Waals surface area (Å²) in [6.07, 6.45) is 0. The molecule has 82 valence electrons. The fraction of sp³-hybridized carbons (Fsp3) is 0.364. The minimum Gasteiger partial charge on any atom is -0.370 e. The topological polar surface area (TPSA) is 50.4 Å². The highest BCUT2D eigenvalue weighted by Gasteiger charge is 2.04. The Morgan fingerprint density at radius 3 is 2.40 bits per heavy atom. The molecule has 15 heavy (non-hydrogen) atoms.